The maximum Gasteiger partial charge on any atom is 0.326 e. The summed E-state index contributed by atoms with van der Waals surface area (Å²) in [7, 11) is 0. The van der Waals surface area contributed by atoms with Crippen LogP contribution in [0, 0.1) is 0 Å². The Balaban J connectivity index is 2.25. The second-order valence-electron chi connectivity index (χ2n) is 5.77. The number of nitrogens with zero attached hydrogens (tertiary/aromatic N) is 1. The zero-order valence-electron chi connectivity index (χ0n) is 18.6. The van der Waals surface area contributed by atoms with Crippen LogP contribution in [0.3, 0.4) is 0 Å². The highest BCUT2D eigenvalue weighted by atomic mass is 16.4. The van der Waals surface area contributed by atoms with E-state index in [0.717, 1.165) is 5.56 Å². The molecule has 1 amide bonds. The molecule has 1 aliphatic rings. The van der Waals surface area contributed by atoms with Gasteiger partial charge in [-0.3, -0.25) is 14.9 Å². The van der Waals surface area contributed by atoms with Crippen LogP contribution in [0.15, 0.2) is 30.3 Å². The Morgan fingerprint density at radius 3 is 2.88 bits per heavy atom. The van der Waals surface area contributed by atoms with Crippen molar-refractivity contribution in [3.63, 3.8) is 0 Å². The van der Waals surface area contributed by atoms with E-state index in [1.54, 1.807) is 30.3 Å². The summed E-state index contributed by atoms with van der Waals surface area (Å²) in [5.41, 5.74) is 0.837. The van der Waals surface area contributed by atoms with Crippen LogP contribution in [0.4, 0.5) is 0 Å². The lowest BCUT2D eigenvalue weighted by atomic mass is 10.0. The van der Waals surface area contributed by atoms with Gasteiger partial charge in [0, 0.05) is 9.29 Å². The van der Waals surface area contributed by atoms with E-state index in [-0.39, 0.29) is 25.8 Å². The van der Waals surface area contributed by atoms with Gasteiger partial charge in [0.2, 0.25) is 5.91 Å². The van der Waals surface area contributed by atoms with Crippen LogP contribution in [-0.2, 0) is 20.8 Å². The van der Waals surface area contributed by atoms with Gasteiger partial charge in [-0.05, 0) is 38.1 Å². The summed E-state index contributed by atoms with van der Waals surface area (Å²) >= 11 is 0. The topological polar surface area (TPSA) is 107 Å². The summed E-state index contributed by atoms with van der Waals surface area (Å²) in [4.78, 5) is 37.3. The average Bonchev–Trinajstić information content (AvgIpc) is 3.12. The van der Waals surface area contributed by atoms with Crippen LogP contribution in [0.5, 0.6) is 0 Å². The molecule has 3 atom stereocenters. The molecular weight excluding hydrogens is 324 g/mol. The number of amides is 1. The molecule has 1 aromatic carbocycles. The summed E-state index contributed by atoms with van der Waals surface area (Å²) in [5.74, 6) is -3.93. The summed E-state index contributed by atoms with van der Waals surface area (Å²) < 4.78 is 38.8. The van der Waals surface area contributed by atoms with Crippen LogP contribution in [0.1, 0.15) is 37.2 Å². The number of hydrogen-bond acceptors (Lipinski definition) is 5. The molecule has 0 bridgehead atoms. The number of rotatable bonds is 8. The monoisotopic (exact) mass is 353 g/mol. The molecule has 1 saturated heterocycles. The summed E-state index contributed by atoms with van der Waals surface area (Å²) in [5, 5.41) is 15.7. The van der Waals surface area contributed by atoms with E-state index < -0.39 is 42.8 Å². The van der Waals surface area contributed by atoms with E-state index in [9.17, 15) is 19.5 Å². The maximum atomic E-state index is 13.0. The lowest BCUT2D eigenvalue weighted by molar-refractivity contribution is -0.149. The van der Waals surface area contributed by atoms with Crippen molar-refractivity contribution in [1.82, 2.24) is 10.2 Å². The molecular formula is C18H24N2O5. The fraction of sp³-hybridized carbons (Fsp3) is 0.500. The Morgan fingerprint density at radius 1 is 1.48 bits per heavy atom. The lowest BCUT2D eigenvalue weighted by Crippen LogP contribution is -2.53. The van der Waals surface area contributed by atoms with Crippen LogP contribution in [0.2, 0.25) is 0 Å². The molecule has 1 heterocycles. The number of carboxylic acid groups (broad SMARTS) is 2. The third-order valence-corrected chi connectivity index (χ3v) is 4.02. The van der Waals surface area contributed by atoms with Gasteiger partial charge in [-0.2, -0.15) is 0 Å². The molecule has 0 aliphatic carbocycles. The van der Waals surface area contributed by atoms with Gasteiger partial charge in [-0.1, -0.05) is 30.3 Å². The first kappa shape index (κ1) is 12.9. The Kier molecular flexibility index (Phi) is 4.44. The Bertz CT molecular complexity index is 783. The highest BCUT2D eigenvalue weighted by Gasteiger charge is 2.36. The fourth-order valence-electron chi connectivity index (χ4n) is 2.72. The number of carbonyl (C=O) groups excluding carboxylic acids is 1. The smallest absolute Gasteiger partial charge is 0.326 e. The average molecular weight is 353 g/mol. The van der Waals surface area contributed by atoms with Crippen LogP contribution in [0.25, 0.3) is 1.43 Å². The first-order chi connectivity index (χ1) is 14.1. The summed E-state index contributed by atoms with van der Waals surface area (Å²) in [6.45, 7) is -2.27. The molecule has 1 aromatic rings. The van der Waals surface area contributed by atoms with Crippen LogP contribution >= 0.6 is 0 Å². The van der Waals surface area contributed by atoms with E-state index in [1.165, 1.54) is 0 Å². The van der Waals surface area contributed by atoms with Crippen molar-refractivity contribution in [2.45, 2.75) is 50.6 Å². The molecule has 1 fully saturated rings. The van der Waals surface area contributed by atoms with Gasteiger partial charge >= 0.3 is 11.9 Å². The standard InChI is InChI=1S/C18H24N2O5/c1-12(16(21)20-11-5-8-15(20)18(24)25)19-14(17(22)23)10-9-13-6-3-2-4-7-13/h2-4,6-7,12,14-15,19H,5,8-11H2,1H3,(H,22,23)(H,24,25)/t12-,14-,15-/m0/s1/i1D2,12D,15D/hD. The predicted octanol–water partition coefficient (Wildman–Crippen LogP) is 1.13. The third kappa shape index (κ3) is 5.03. The predicted molar refractivity (Wildman–Crippen MR) is 91.2 cm³/mol. The molecule has 2 rings (SSSR count). The molecule has 7 heteroatoms. The molecule has 3 N–H and O–H groups in total. The van der Waals surface area contributed by atoms with Gasteiger partial charge in [0.05, 0.1) is 8.76 Å². The molecule has 0 aromatic heterocycles. The number of likely N-dealkylation sites (tertiary alicyclic amines) is 1. The number of carbonyl (C=O) groups is 3. The normalized spacial score (nSPS) is 26.4. The maximum absolute atomic E-state index is 13.0. The van der Waals surface area contributed by atoms with Gasteiger partial charge in [0.25, 0.3) is 1.43 Å². The van der Waals surface area contributed by atoms with Gasteiger partial charge in [-0.25, -0.2) is 4.79 Å². The van der Waals surface area contributed by atoms with Gasteiger partial charge < -0.3 is 15.1 Å². The lowest BCUT2D eigenvalue weighted by Gasteiger charge is -2.27. The zero-order chi connectivity index (χ0) is 22.5. The van der Waals surface area contributed by atoms with Crippen molar-refractivity contribution in [1.29, 1.82) is 1.43 Å². The van der Waals surface area contributed by atoms with Crippen molar-refractivity contribution in [2.24, 2.45) is 0 Å². The first-order valence-electron chi connectivity index (χ1n) is 10.5. The summed E-state index contributed by atoms with van der Waals surface area (Å²) in [6, 6.07) is 2.54. The van der Waals surface area contributed by atoms with Crippen molar-refractivity contribution in [2.75, 3.05) is 6.54 Å². The molecule has 1 aliphatic heterocycles. The van der Waals surface area contributed by atoms with Gasteiger partial charge in [0.15, 0.2) is 0 Å². The molecule has 0 saturated carbocycles. The molecule has 0 unspecified atom stereocenters. The van der Waals surface area contributed by atoms with Crippen LogP contribution < -0.4 is 5.32 Å². The SMILES string of the molecule is [2H]OC(=O)[C@]1([2H])CCCN1C(=O)[C@@]([2H])(N[C@@H](CCc1ccccc1)C(=O)O)C([2H])[2H]. The number of hydrogen-bond donors (Lipinski definition) is 3. The van der Waals surface area contributed by atoms with E-state index >= 15 is 0 Å². The van der Waals surface area contributed by atoms with Crippen molar-refractivity contribution in [3.05, 3.63) is 35.9 Å². The largest absolute Gasteiger partial charge is 0.480 e. The Morgan fingerprint density at radius 2 is 2.24 bits per heavy atom. The van der Waals surface area contributed by atoms with Crippen LogP contribution in [-0.4, -0.2) is 57.6 Å². The molecule has 25 heavy (non-hydrogen) atoms. The molecule has 0 spiro atoms. The highest BCUT2D eigenvalue weighted by Crippen LogP contribution is 2.18. The number of carboxylic acids is 2. The van der Waals surface area contributed by atoms with E-state index in [1.807, 2.05) is 0 Å². The molecule has 136 valence electrons. The third-order valence-electron chi connectivity index (χ3n) is 4.02. The Hall–Kier alpha value is -2.41. The minimum absolute atomic E-state index is 0.0131. The second kappa shape index (κ2) is 8.62. The second-order valence-corrected chi connectivity index (χ2v) is 5.77. The first-order valence-corrected chi connectivity index (χ1v) is 7.95. The van der Waals surface area contributed by atoms with Crippen molar-refractivity contribution < 1.29 is 30.1 Å². The minimum atomic E-state index is -2.74. The number of aryl methyl sites for hydroxylation is 1. The van der Waals surface area contributed by atoms with Crippen molar-refractivity contribution in [3.8, 4) is 0 Å². The van der Waals surface area contributed by atoms with E-state index in [4.69, 9.17) is 6.91 Å². The van der Waals surface area contributed by atoms with Gasteiger partial charge in [0.1, 0.15) is 12.1 Å². The molecule has 0 radical (unpaired) electrons. The van der Waals surface area contributed by atoms with E-state index in [2.05, 4.69) is 10.4 Å². The fourth-order valence-corrected chi connectivity index (χ4v) is 2.72. The highest BCUT2D eigenvalue weighted by molar-refractivity contribution is 5.88. The Labute approximate surface area is 153 Å². The number of benzene rings is 1. The van der Waals surface area contributed by atoms with Gasteiger partial charge in [-0.15, -0.1) is 0 Å². The van der Waals surface area contributed by atoms with Crippen molar-refractivity contribution >= 4 is 17.8 Å². The quantitative estimate of drug-likeness (QED) is 0.647. The summed E-state index contributed by atoms with van der Waals surface area (Å²) in [6.07, 6.45) is 0.384. The number of aliphatic carboxylic acids is 2. The van der Waals surface area contributed by atoms with E-state index in [0.29, 0.717) is 11.3 Å². The number of nitrogens with one attached hydrogen (secondary N) is 1. The minimum Gasteiger partial charge on any atom is -0.480 e. The molecule has 7 nitrogen and oxygen atoms in total. The zero-order valence-corrected chi connectivity index (χ0v) is 13.6.